The number of halogens is 1. The van der Waals surface area contributed by atoms with Crippen molar-refractivity contribution >= 4 is 29.3 Å². The lowest BCUT2D eigenvalue weighted by molar-refractivity contribution is -0.142. The summed E-state index contributed by atoms with van der Waals surface area (Å²) in [6.07, 6.45) is 3.24. The summed E-state index contributed by atoms with van der Waals surface area (Å²) in [5, 5.41) is 15.0. The van der Waals surface area contributed by atoms with Crippen molar-refractivity contribution in [2.45, 2.75) is 38.1 Å². The third-order valence-electron chi connectivity index (χ3n) is 4.50. The van der Waals surface area contributed by atoms with Crippen molar-refractivity contribution in [1.82, 2.24) is 5.32 Å². The van der Waals surface area contributed by atoms with E-state index >= 15 is 0 Å². The molecule has 2 aliphatic rings. The van der Waals surface area contributed by atoms with E-state index in [4.69, 9.17) is 26.2 Å². The smallest absolute Gasteiger partial charge is 0.319 e. The van der Waals surface area contributed by atoms with Gasteiger partial charge in [0.1, 0.15) is 0 Å². The minimum absolute atomic E-state index is 0.0326. The Labute approximate surface area is 150 Å². The molecule has 0 radical (unpaired) electrons. The maximum Gasteiger partial charge on any atom is 0.319 e. The number of ether oxygens (including phenoxy) is 2. The molecule has 2 amide bonds. The van der Waals surface area contributed by atoms with Gasteiger partial charge in [-0.25, -0.2) is 4.79 Å². The summed E-state index contributed by atoms with van der Waals surface area (Å²) in [4.78, 5) is 23.2. The lowest BCUT2D eigenvalue weighted by Crippen LogP contribution is -2.41. The van der Waals surface area contributed by atoms with Crippen molar-refractivity contribution in [3.63, 3.8) is 0 Å². The normalized spacial score (nSPS) is 22.6. The fourth-order valence-electron chi connectivity index (χ4n) is 3.11. The molecule has 1 aromatic carbocycles. The highest BCUT2D eigenvalue weighted by molar-refractivity contribution is 6.34. The van der Waals surface area contributed by atoms with Crippen LogP contribution in [0.25, 0.3) is 0 Å². The number of carbonyl (C=O) groups is 2. The van der Waals surface area contributed by atoms with Crippen molar-refractivity contribution in [2.75, 3.05) is 18.5 Å². The molecule has 1 aliphatic carbocycles. The van der Waals surface area contributed by atoms with Gasteiger partial charge in [-0.1, -0.05) is 11.6 Å². The van der Waals surface area contributed by atoms with E-state index in [-0.39, 0.29) is 18.0 Å². The number of carboxylic acid groups (broad SMARTS) is 1. The Morgan fingerprint density at radius 1 is 1.08 bits per heavy atom. The van der Waals surface area contributed by atoms with Crippen LogP contribution in [-0.2, 0) is 4.79 Å². The molecular formula is C17H21ClN2O5. The number of hydrogen-bond donors (Lipinski definition) is 3. The lowest BCUT2D eigenvalue weighted by Gasteiger charge is -2.27. The zero-order valence-corrected chi connectivity index (χ0v) is 14.5. The van der Waals surface area contributed by atoms with Gasteiger partial charge in [-0.15, -0.1) is 0 Å². The predicted molar refractivity (Wildman–Crippen MR) is 92.6 cm³/mol. The maximum atomic E-state index is 12.2. The van der Waals surface area contributed by atoms with E-state index in [0.29, 0.717) is 61.1 Å². The van der Waals surface area contributed by atoms with Crippen molar-refractivity contribution in [1.29, 1.82) is 0 Å². The first-order valence-corrected chi connectivity index (χ1v) is 8.80. The number of carboxylic acids is 1. The van der Waals surface area contributed by atoms with Crippen LogP contribution >= 0.6 is 11.6 Å². The van der Waals surface area contributed by atoms with Gasteiger partial charge in [-0.05, 0) is 25.7 Å². The van der Waals surface area contributed by atoms with Crippen LogP contribution in [0.1, 0.15) is 32.1 Å². The van der Waals surface area contributed by atoms with Gasteiger partial charge in [-0.3, -0.25) is 4.79 Å². The average Bonchev–Trinajstić information content (AvgIpc) is 2.80. The van der Waals surface area contributed by atoms with Crippen molar-refractivity contribution in [3.05, 3.63) is 17.2 Å². The third-order valence-corrected chi connectivity index (χ3v) is 4.81. The van der Waals surface area contributed by atoms with E-state index in [1.807, 2.05) is 0 Å². The molecule has 0 bridgehead atoms. The molecule has 1 heterocycles. The maximum absolute atomic E-state index is 12.2. The second-order valence-corrected chi connectivity index (χ2v) is 6.72. The SMILES string of the molecule is O=C(Nc1cc2c(cc1Cl)OCCCO2)NC1CCC(C(=O)O)CC1. The number of anilines is 1. The van der Waals surface area contributed by atoms with E-state index in [2.05, 4.69) is 10.6 Å². The molecule has 25 heavy (non-hydrogen) atoms. The first kappa shape index (κ1) is 17.7. The Kier molecular flexibility index (Phi) is 5.53. The molecule has 0 atom stereocenters. The summed E-state index contributed by atoms with van der Waals surface area (Å²) in [6, 6.07) is 2.89. The summed E-state index contributed by atoms with van der Waals surface area (Å²) in [7, 11) is 0. The Morgan fingerprint density at radius 3 is 2.36 bits per heavy atom. The van der Waals surface area contributed by atoms with Crippen LogP contribution in [0.15, 0.2) is 12.1 Å². The molecule has 1 aromatic rings. The molecule has 0 saturated heterocycles. The summed E-state index contributed by atoms with van der Waals surface area (Å²) in [6.45, 7) is 1.11. The molecule has 0 spiro atoms. The average molecular weight is 369 g/mol. The van der Waals surface area contributed by atoms with Gasteiger partial charge >= 0.3 is 12.0 Å². The first-order chi connectivity index (χ1) is 12.0. The van der Waals surface area contributed by atoms with Crippen LogP contribution in [-0.4, -0.2) is 36.4 Å². The molecule has 8 heteroatoms. The van der Waals surface area contributed by atoms with Gasteiger partial charge in [-0.2, -0.15) is 0 Å². The molecule has 7 nitrogen and oxygen atoms in total. The van der Waals surface area contributed by atoms with Crippen molar-refractivity contribution in [3.8, 4) is 11.5 Å². The second kappa shape index (κ2) is 7.82. The van der Waals surface area contributed by atoms with Gasteiger partial charge in [0.2, 0.25) is 0 Å². The fourth-order valence-corrected chi connectivity index (χ4v) is 3.31. The number of nitrogens with one attached hydrogen (secondary N) is 2. The summed E-state index contributed by atoms with van der Waals surface area (Å²) >= 11 is 6.21. The minimum Gasteiger partial charge on any atom is -0.490 e. The Morgan fingerprint density at radius 2 is 1.72 bits per heavy atom. The van der Waals surface area contributed by atoms with Crippen molar-refractivity contribution < 1.29 is 24.2 Å². The molecule has 1 aliphatic heterocycles. The van der Waals surface area contributed by atoms with Crippen LogP contribution < -0.4 is 20.1 Å². The summed E-state index contributed by atoms with van der Waals surface area (Å²) in [5.41, 5.74) is 0.447. The number of rotatable bonds is 3. The standard InChI is InChI=1S/C17H21ClN2O5/c18-12-8-14-15(25-7-1-6-24-14)9-13(12)20-17(23)19-11-4-2-10(3-5-11)16(21)22/h8-11H,1-7H2,(H,21,22)(H2,19,20,23). The number of urea groups is 1. The quantitative estimate of drug-likeness (QED) is 0.760. The molecule has 3 rings (SSSR count). The number of fused-ring (bicyclic) bond motifs is 1. The number of amides is 2. The van der Waals surface area contributed by atoms with Crippen LogP contribution in [0.5, 0.6) is 11.5 Å². The van der Waals surface area contributed by atoms with Crippen LogP contribution in [0.2, 0.25) is 5.02 Å². The summed E-state index contributed by atoms with van der Waals surface area (Å²) < 4.78 is 11.2. The highest BCUT2D eigenvalue weighted by Gasteiger charge is 2.27. The topological polar surface area (TPSA) is 96.9 Å². The minimum atomic E-state index is -0.762. The number of benzene rings is 1. The molecular weight excluding hydrogens is 348 g/mol. The van der Waals surface area contributed by atoms with E-state index in [0.717, 1.165) is 6.42 Å². The van der Waals surface area contributed by atoms with E-state index in [1.54, 1.807) is 12.1 Å². The van der Waals surface area contributed by atoms with Crippen LogP contribution in [0, 0.1) is 5.92 Å². The number of carbonyl (C=O) groups excluding carboxylic acids is 1. The number of aliphatic carboxylic acids is 1. The van der Waals surface area contributed by atoms with Crippen LogP contribution in [0.3, 0.4) is 0 Å². The third kappa shape index (κ3) is 4.48. The lowest BCUT2D eigenvalue weighted by atomic mass is 9.86. The summed E-state index contributed by atoms with van der Waals surface area (Å²) in [5.74, 6) is 0.0544. The monoisotopic (exact) mass is 368 g/mol. The second-order valence-electron chi connectivity index (χ2n) is 6.31. The van der Waals surface area contributed by atoms with Gasteiger partial charge in [0.15, 0.2) is 11.5 Å². The Balaban J connectivity index is 1.58. The van der Waals surface area contributed by atoms with Gasteiger partial charge in [0.25, 0.3) is 0 Å². The van der Waals surface area contributed by atoms with Gasteiger partial charge < -0.3 is 25.2 Å². The highest BCUT2D eigenvalue weighted by Crippen LogP contribution is 2.37. The molecule has 0 aromatic heterocycles. The predicted octanol–water partition coefficient (Wildman–Crippen LogP) is 3.27. The van der Waals surface area contributed by atoms with Gasteiger partial charge in [0, 0.05) is 24.6 Å². The molecule has 136 valence electrons. The Bertz CT molecular complexity index is 659. The zero-order valence-electron chi connectivity index (χ0n) is 13.7. The fraction of sp³-hybridized carbons (Fsp3) is 0.529. The van der Waals surface area contributed by atoms with E-state index in [1.165, 1.54) is 0 Å². The zero-order chi connectivity index (χ0) is 17.8. The molecule has 0 unspecified atom stereocenters. The van der Waals surface area contributed by atoms with E-state index in [9.17, 15) is 9.59 Å². The highest BCUT2D eigenvalue weighted by atomic mass is 35.5. The van der Waals surface area contributed by atoms with Crippen molar-refractivity contribution in [2.24, 2.45) is 5.92 Å². The van der Waals surface area contributed by atoms with Gasteiger partial charge in [0.05, 0.1) is 29.8 Å². The number of hydrogen-bond acceptors (Lipinski definition) is 4. The van der Waals surface area contributed by atoms with Crippen LogP contribution in [0.4, 0.5) is 10.5 Å². The first-order valence-electron chi connectivity index (χ1n) is 8.42. The molecule has 1 saturated carbocycles. The molecule has 1 fully saturated rings. The Hall–Kier alpha value is -2.15. The largest absolute Gasteiger partial charge is 0.490 e. The molecule has 3 N–H and O–H groups in total. The van der Waals surface area contributed by atoms with E-state index < -0.39 is 5.97 Å².